The summed E-state index contributed by atoms with van der Waals surface area (Å²) in [6, 6.07) is 21.4. The molecule has 1 N–H and O–H groups in total. The van der Waals surface area contributed by atoms with E-state index in [1.54, 1.807) is 67.0 Å². The number of carbonyl (C=O) groups is 1. The van der Waals surface area contributed by atoms with Gasteiger partial charge in [0.2, 0.25) is 10.0 Å². The van der Waals surface area contributed by atoms with Crippen molar-refractivity contribution in [3.63, 3.8) is 0 Å². The number of hydrogen-bond donors (Lipinski definition) is 1. The Morgan fingerprint density at radius 1 is 1.05 bits per heavy atom. The van der Waals surface area contributed by atoms with Crippen molar-refractivity contribution in [2.75, 3.05) is 16.7 Å². The third-order valence-corrected chi connectivity index (χ3v) is 6.86. The van der Waals surface area contributed by atoms with Gasteiger partial charge in [0.05, 0.1) is 51.4 Å². The van der Waals surface area contributed by atoms with Gasteiger partial charge in [0.25, 0.3) is 0 Å². The van der Waals surface area contributed by atoms with Gasteiger partial charge in [-0.05, 0) is 60.2 Å². The van der Waals surface area contributed by atoms with E-state index >= 15 is 0 Å². The third-order valence-electron chi connectivity index (χ3n) is 5.85. The van der Waals surface area contributed by atoms with E-state index < -0.39 is 17.2 Å². The number of halogens is 1. The van der Waals surface area contributed by atoms with Crippen LogP contribution in [-0.4, -0.2) is 36.7 Å². The molecule has 210 valence electrons. The number of amides is 1. The van der Waals surface area contributed by atoms with Gasteiger partial charge >= 0.3 is 5.91 Å². The highest BCUT2D eigenvalue weighted by Gasteiger charge is 2.22. The predicted molar refractivity (Wildman–Crippen MR) is 158 cm³/mol. The average Bonchev–Trinajstić information content (AvgIpc) is 3.01. The Morgan fingerprint density at radius 3 is 2.55 bits per heavy atom. The average molecular weight is 601 g/mol. The number of ether oxygens (including phenoxy) is 1. The van der Waals surface area contributed by atoms with Crippen molar-refractivity contribution in [2.45, 2.75) is 6.54 Å². The van der Waals surface area contributed by atoms with Gasteiger partial charge in [-0.2, -0.15) is 0 Å². The van der Waals surface area contributed by atoms with E-state index in [1.165, 1.54) is 31.4 Å². The maximum Gasteiger partial charge on any atom is 0.360 e. The summed E-state index contributed by atoms with van der Waals surface area (Å²) in [4.78, 5) is 29.5. The first-order chi connectivity index (χ1) is 20.4. The fraction of sp³-hybridized carbons (Fsp3) is 0.0714. The number of methoxy groups -OCH3 is 1. The standard InChI is InChI=1S/C28H21ClN8O4S/c1-41-21-9-10-22(29)25(16-21)33-26-27(34-24-8-3-2-7-23(24)32-26)37(42(39)40)20-6-4-5-19(15-20)28(38)35-36-31-17-18-11-13-30-14-12-18/h2-16H,17H2,1H3,(H-,32,33,39,40). The van der Waals surface area contributed by atoms with Crippen LogP contribution in [0.25, 0.3) is 11.0 Å². The van der Waals surface area contributed by atoms with E-state index in [0.29, 0.717) is 27.5 Å². The molecule has 14 heteroatoms. The Bertz CT molecular complexity index is 1850. The number of para-hydroxylation sites is 2. The monoisotopic (exact) mass is 600 g/mol. The lowest BCUT2D eigenvalue weighted by Gasteiger charge is -2.27. The van der Waals surface area contributed by atoms with Crippen molar-refractivity contribution in [2.24, 2.45) is 10.2 Å². The van der Waals surface area contributed by atoms with Crippen molar-refractivity contribution in [3.05, 3.63) is 107 Å². The summed E-state index contributed by atoms with van der Waals surface area (Å²) >= 11 is 3.52. The number of nitrogens with zero attached hydrogens (tertiary/aromatic N) is 7. The van der Waals surface area contributed by atoms with Gasteiger partial charge < -0.3 is 14.6 Å². The molecule has 0 saturated heterocycles. The van der Waals surface area contributed by atoms with E-state index in [1.807, 2.05) is 0 Å². The summed E-state index contributed by atoms with van der Waals surface area (Å²) in [5.74, 6) is -0.147. The molecule has 12 nitrogen and oxygen atoms in total. The van der Waals surface area contributed by atoms with Gasteiger partial charge in [-0.15, -0.1) is 0 Å². The van der Waals surface area contributed by atoms with Crippen LogP contribution in [0.2, 0.25) is 5.02 Å². The fourth-order valence-electron chi connectivity index (χ4n) is 3.85. The summed E-state index contributed by atoms with van der Waals surface area (Å²) in [6.07, 6.45) is 3.24. The molecule has 5 rings (SSSR count). The fourth-order valence-corrected chi connectivity index (χ4v) is 4.57. The highest BCUT2D eigenvalue weighted by Crippen LogP contribution is 2.36. The second-order valence-corrected chi connectivity index (χ2v) is 9.77. The molecule has 0 spiro atoms. The summed E-state index contributed by atoms with van der Waals surface area (Å²) in [6.45, 7) is 0.218. The van der Waals surface area contributed by atoms with Crippen LogP contribution >= 0.6 is 11.6 Å². The molecule has 0 fully saturated rings. The minimum absolute atomic E-state index is 0.0560. The first kappa shape index (κ1) is 28.5. The number of carbonyl (C=O) groups excluding carboxylic acids is 1. The van der Waals surface area contributed by atoms with E-state index in [2.05, 4.69) is 35.4 Å². The highest BCUT2D eigenvalue weighted by molar-refractivity contribution is 7.81. The molecule has 1 amide bonds. The Morgan fingerprint density at radius 2 is 1.81 bits per heavy atom. The Balaban J connectivity index is 1.52. The Kier molecular flexibility index (Phi) is 8.85. The van der Waals surface area contributed by atoms with Gasteiger partial charge in [0, 0.05) is 18.5 Å². The van der Waals surface area contributed by atoms with Crippen LogP contribution in [0.3, 0.4) is 0 Å². The second kappa shape index (κ2) is 13.1. The largest absolute Gasteiger partial charge is 0.755 e. The minimum atomic E-state index is -2.88. The van der Waals surface area contributed by atoms with Crippen molar-refractivity contribution >= 4 is 62.8 Å². The molecule has 0 aliphatic carbocycles. The summed E-state index contributed by atoms with van der Waals surface area (Å²) in [7, 11) is 1.51. The number of fused-ring (bicyclic) bond motifs is 1. The van der Waals surface area contributed by atoms with Crippen LogP contribution in [0.1, 0.15) is 15.9 Å². The molecule has 0 aliphatic heterocycles. The number of pyridine rings is 1. The highest BCUT2D eigenvalue weighted by atomic mass is 35.5. The maximum absolute atomic E-state index is 12.7. The molecule has 5 aromatic rings. The summed E-state index contributed by atoms with van der Waals surface area (Å²) < 4.78 is 31.6. The number of anilines is 4. The maximum atomic E-state index is 12.7. The molecule has 0 aliphatic rings. The molecule has 1 unspecified atom stereocenters. The van der Waals surface area contributed by atoms with Crippen LogP contribution in [0.4, 0.5) is 23.0 Å². The van der Waals surface area contributed by atoms with E-state index in [0.717, 1.165) is 9.87 Å². The molecule has 0 radical (unpaired) electrons. The predicted octanol–water partition coefficient (Wildman–Crippen LogP) is 5.67. The van der Waals surface area contributed by atoms with Crippen LogP contribution < -0.4 is 19.3 Å². The normalized spacial score (nSPS) is 11.3. The first-order valence-corrected chi connectivity index (χ1v) is 13.7. The number of aromatic nitrogens is 3. The van der Waals surface area contributed by atoms with Gasteiger partial charge in [0.1, 0.15) is 17.4 Å². The number of benzene rings is 3. The number of hydrogen-bond acceptors (Lipinski definition) is 9. The zero-order chi connectivity index (χ0) is 29.5. The molecular formula is C28H21ClN8O4S. The molecular weight excluding hydrogens is 580 g/mol. The summed E-state index contributed by atoms with van der Waals surface area (Å²) in [5, 5.41) is 11.0. The SMILES string of the molecule is COc1ccc(Cl)c(Nc2nc3ccccc3nc2N(c2cccc(C(=O)N=[N+]=NCc3ccncc3)c2)S(=O)[O-])c1. The zero-order valence-electron chi connectivity index (χ0n) is 21.9. The molecule has 2 heterocycles. The molecule has 3 aromatic carbocycles. The molecule has 2 aromatic heterocycles. The minimum Gasteiger partial charge on any atom is -0.755 e. The van der Waals surface area contributed by atoms with Gasteiger partial charge in [-0.25, -0.2) is 9.97 Å². The molecule has 0 saturated carbocycles. The van der Waals surface area contributed by atoms with Gasteiger partial charge in [0.15, 0.2) is 11.6 Å². The topological polar surface area (TPSA) is 159 Å². The van der Waals surface area contributed by atoms with E-state index in [4.69, 9.17) is 16.3 Å². The molecule has 1 atom stereocenters. The van der Waals surface area contributed by atoms with Crippen molar-refractivity contribution in [3.8, 4) is 5.75 Å². The first-order valence-electron chi connectivity index (χ1n) is 12.3. The van der Waals surface area contributed by atoms with Crippen LogP contribution in [0.5, 0.6) is 5.75 Å². The van der Waals surface area contributed by atoms with E-state index in [9.17, 15) is 13.6 Å². The van der Waals surface area contributed by atoms with E-state index in [-0.39, 0.29) is 29.4 Å². The van der Waals surface area contributed by atoms with Crippen LogP contribution in [-0.2, 0) is 17.8 Å². The number of rotatable bonds is 9. The van der Waals surface area contributed by atoms with Crippen molar-refractivity contribution in [1.82, 2.24) is 19.9 Å². The van der Waals surface area contributed by atoms with Crippen LogP contribution in [0.15, 0.2) is 101 Å². The Hall–Kier alpha value is -5.07. The van der Waals surface area contributed by atoms with Crippen LogP contribution in [0, 0.1) is 0 Å². The lowest BCUT2D eigenvalue weighted by atomic mass is 10.2. The third kappa shape index (κ3) is 6.62. The van der Waals surface area contributed by atoms with Crippen molar-refractivity contribution < 1.29 is 18.3 Å². The molecule has 0 bridgehead atoms. The lowest BCUT2D eigenvalue weighted by Crippen LogP contribution is -2.22. The second-order valence-electron chi connectivity index (χ2n) is 8.57. The zero-order valence-corrected chi connectivity index (χ0v) is 23.5. The molecule has 42 heavy (non-hydrogen) atoms. The Labute approximate surface area is 247 Å². The lowest BCUT2D eigenvalue weighted by molar-refractivity contribution is 0.0992. The summed E-state index contributed by atoms with van der Waals surface area (Å²) in [5.41, 5.74) is 2.43. The van der Waals surface area contributed by atoms with Gasteiger partial charge in [-0.3, -0.25) is 18.3 Å². The van der Waals surface area contributed by atoms with Crippen molar-refractivity contribution in [1.29, 1.82) is 0 Å². The smallest absolute Gasteiger partial charge is 0.360 e. The number of nitrogens with one attached hydrogen (secondary N) is 1. The van der Waals surface area contributed by atoms with Gasteiger partial charge in [-0.1, -0.05) is 29.8 Å². The quantitative estimate of drug-likeness (QED) is 0.129.